The van der Waals surface area contributed by atoms with E-state index in [4.69, 9.17) is 4.52 Å². The Morgan fingerprint density at radius 3 is 2.86 bits per heavy atom. The van der Waals surface area contributed by atoms with Crippen molar-refractivity contribution in [1.82, 2.24) is 30.1 Å². The molecular weight excluding hydrogens is 372 g/mol. The zero-order chi connectivity index (χ0) is 20.8. The molecule has 1 fully saturated rings. The maximum atomic E-state index is 12.7. The highest BCUT2D eigenvalue weighted by Gasteiger charge is 2.30. The second-order valence-electron chi connectivity index (χ2n) is 7.84. The Kier molecular flexibility index (Phi) is 6.90. The first-order valence-corrected chi connectivity index (χ1v) is 10.1. The number of likely N-dealkylation sites (tertiary alicyclic amines) is 1. The van der Waals surface area contributed by atoms with E-state index < -0.39 is 0 Å². The number of aromatic nitrogens is 4. The minimum absolute atomic E-state index is 0.0132. The van der Waals surface area contributed by atoms with E-state index in [1.807, 2.05) is 4.90 Å². The molecule has 0 aliphatic carbocycles. The predicted octanol–water partition coefficient (Wildman–Crippen LogP) is 1.75. The highest BCUT2D eigenvalue weighted by atomic mass is 16.5. The molecule has 1 aliphatic heterocycles. The first kappa shape index (κ1) is 20.9. The predicted molar refractivity (Wildman–Crippen MR) is 105 cm³/mol. The van der Waals surface area contributed by atoms with Crippen LogP contribution in [0.15, 0.2) is 23.0 Å². The average Bonchev–Trinajstić information content (AvgIpc) is 3.14. The molecule has 0 N–H and O–H groups in total. The van der Waals surface area contributed by atoms with E-state index in [1.165, 1.54) is 12.4 Å². The molecule has 1 atom stereocenters. The third kappa shape index (κ3) is 5.58. The van der Waals surface area contributed by atoms with Gasteiger partial charge in [0.2, 0.25) is 11.8 Å². The van der Waals surface area contributed by atoms with Crippen molar-refractivity contribution in [2.75, 3.05) is 19.6 Å². The number of piperidine rings is 1. The van der Waals surface area contributed by atoms with Gasteiger partial charge in [-0.2, -0.15) is 15.2 Å². The van der Waals surface area contributed by atoms with Crippen LogP contribution in [0.4, 0.5) is 0 Å². The van der Waals surface area contributed by atoms with Crippen LogP contribution in [0, 0.1) is 5.92 Å². The summed E-state index contributed by atoms with van der Waals surface area (Å²) in [6.07, 6.45) is 5.96. The Balaban J connectivity index is 1.61. The summed E-state index contributed by atoms with van der Waals surface area (Å²) in [5.41, 5.74) is 0.513. The van der Waals surface area contributed by atoms with Crippen molar-refractivity contribution in [3.63, 3.8) is 0 Å². The third-order valence-corrected chi connectivity index (χ3v) is 5.03. The molecule has 3 rings (SSSR count). The number of carbonyl (C=O) groups excluding carboxylic acids is 2. The van der Waals surface area contributed by atoms with E-state index in [9.17, 15) is 9.59 Å². The van der Waals surface area contributed by atoms with Gasteiger partial charge in [0.05, 0.1) is 18.0 Å². The van der Waals surface area contributed by atoms with Crippen LogP contribution in [0.25, 0.3) is 0 Å². The van der Waals surface area contributed by atoms with Crippen LogP contribution in [-0.2, 0) is 17.6 Å². The summed E-state index contributed by atoms with van der Waals surface area (Å²) in [7, 11) is 0. The van der Waals surface area contributed by atoms with Gasteiger partial charge in [-0.15, -0.1) is 0 Å². The van der Waals surface area contributed by atoms with Crippen molar-refractivity contribution in [2.45, 2.75) is 52.5 Å². The van der Waals surface area contributed by atoms with Crippen LogP contribution >= 0.6 is 0 Å². The second-order valence-corrected chi connectivity index (χ2v) is 7.84. The van der Waals surface area contributed by atoms with Gasteiger partial charge in [-0.3, -0.25) is 9.59 Å². The topological polar surface area (TPSA) is 105 Å². The summed E-state index contributed by atoms with van der Waals surface area (Å²) in [4.78, 5) is 33.1. The molecular formula is C20H28N6O3. The largest absolute Gasteiger partial charge is 0.339 e. The Hall–Kier alpha value is -2.84. The lowest BCUT2D eigenvalue weighted by molar-refractivity contribution is -0.132. The molecule has 1 unspecified atom stereocenters. The van der Waals surface area contributed by atoms with Crippen molar-refractivity contribution in [3.05, 3.63) is 35.7 Å². The van der Waals surface area contributed by atoms with Crippen molar-refractivity contribution in [1.29, 1.82) is 0 Å². The van der Waals surface area contributed by atoms with Gasteiger partial charge < -0.3 is 14.3 Å². The summed E-state index contributed by atoms with van der Waals surface area (Å²) < 4.78 is 5.28. The molecule has 0 spiro atoms. The highest BCUT2D eigenvalue weighted by molar-refractivity contribution is 5.93. The van der Waals surface area contributed by atoms with Crippen LogP contribution in [0.3, 0.4) is 0 Å². The first-order chi connectivity index (χ1) is 13.9. The van der Waals surface area contributed by atoms with E-state index >= 15 is 0 Å². The van der Waals surface area contributed by atoms with Crippen LogP contribution in [0.2, 0.25) is 0 Å². The summed E-state index contributed by atoms with van der Waals surface area (Å²) in [6.45, 7) is 7.44. The fourth-order valence-corrected chi connectivity index (χ4v) is 3.63. The highest BCUT2D eigenvalue weighted by Crippen LogP contribution is 2.19. The number of amides is 2. The van der Waals surface area contributed by atoms with Gasteiger partial charge in [-0.25, -0.2) is 0 Å². The van der Waals surface area contributed by atoms with Gasteiger partial charge in [0.15, 0.2) is 5.82 Å². The van der Waals surface area contributed by atoms with Gasteiger partial charge in [0.25, 0.3) is 5.91 Å². The number of carbonyl (C=O) groups is 2. The molecule has 29 heavy (non-hydrogen) atoms. The average molecular weight is 400 g/mol. The second kappa shape index (κ2) is 9.58. The molecule has 0 aromatic carbocycles. The van der Waals surface area contributed by atoms with Crippen molar-refractivity contribution in [3.8, 4) is 0 Å². The minimum atomic E-state index is -0.0791. The lowest BCUT2D eigenvalue weighted by atomic mass is 10.0. The van der Waals surface area contributed by atoms with Crippen molar-refractivity contribution < 1.29 is 14.1 Å². The summed E-state index contributed by atoms with van der Waals surface area (Å²) in [5, 5.41) is 11.5. The molecule has 1 aliphatic rings. The van der Waals surface area contributed by atoms with Crippen molar-refractivity contribution in [2.24, 2.45) is 5.92 Å². The molecule has 1 saturated heterocycles. The summed E-state index contributed by atoms with van der Waals surface area (Å²) in [5.74, 6) is 1.59. The fraction of sp³-hybridized carbons (Fsp3) is 0.600. The van der Waals surface area contributed by atoms with Gasteiger partial charge in [-0.05, 0) is 24.8 Å². The number of rotatable bonds is 7. The molecule has 0 saturated carbocycles. The Bertz CT molecular complexity index is 823. The standard InChI is InChI=1S/C20H28N6O3/c1-14(2)11-19-23-18(24-29-19)7-10-26(15(3)27)17-5-4-9-25(13-17)20(28)16-6-8-21-22-12-16/h6,8,12,14,17H,4-5,7,9-11,13H2,1-3H3. The molecule has 2 amide bonds. The maximum absolute atomic E-state index is 12.7. The zero-order valence-electron chi connectivity index (χ0n) is 17.2. The van der Waals surface area contributed by atoms with Gasteiger partial charge in [0, 0.05) is 45.4 Å². The van der Waals surface area contributed by atoms with E-state index in [0.29, 0.717) is 49.3 Å². The van der Waals surface area contributed by atoms with Gasteiger partial charge >= 0.3 is 0 Å². The lowest BCUT2D eigenvalue weighted by Crippen LogP contribution is -2.51. The number of hydrogen-bond donors (Lipinski definition) is 0. The molecule has 3 heterocycles. The monoisotopic (exact) mass is 400 g/mol. The quantitative estimate of drug-likeness (QED) is 0.697. The molecule has 2 aromatic rings. The molecule has 0 bridgehead atoms. The molecule has 156 valence electrons. The fourth-order valence-electron chi connectivity index (χ4n) is 3.63. The SMILES string of the molecule is CC(=O)N(CCc1noc(CC(C)C)n1)C1CCCN(C(=O)c2ccnnc2)C1. The Morgan fingerprint density at radius 1 is 1.34 bits per heavy atom. The Labute approximate surface area is 170 Å². The zero-order valence-corrected chi connectivity index (χ0v) is 17.2. The van der Waals surface area contributed by atoms with E-state index in [2.05, 4.69) is 34.2 Å². The smallest absolute Gasteiger partial charge is 0.255 e. The number of hydrogen-bond acceptors (Lipinski definition) is 7. The first-order valence-electron chi connectivity index (χ1n) is 10.1. The molecule has 2 aromatic heterocycles. The van der Waals surface area contributed by atoms with Crippen LogP contribution in [0.1, 0.15) is 55.7 Å². The Morgan fingerprint density at radius 2 is 2.17 bits per heavy atom. The normalized spacial score (nSPS) is 16.8. The summed E-state index contributed by atoms with van der Waals surface area (Å²) in [6, 6.07) is 1.63. The molecule has 0 radical (unpaired) electrons. The van der Waals surface area contributed by atoms with E-state index in [1.54, 1.807) is 17.9 Å². The lowest BCUT2D eigenvalue weighted by Gasteiger charge is -2.39. The van der Waals surface area contributed by atoms with Crippen LogP contribution < -0.4 is 0 Å². The van der Waals surface area contributed by atoms with Crippen molar-refractivity contribution >= 4 is 11.8 Å². The molecule has 9 nitrogen and oxygen atoms in total. The van der Waals surface area contributed by atoms with Gasteiger partial charge in [-0.1, -0.05) is 19.0 Å². The summed E-state index contributed by atoms with van der Waals surface area (Å²) >= 11 is 0. The van der Waals surface area contributed by atoms with E-state index in [0.717, 1.165) is 19.3 Å². The van der Waals surface area contributed by atoms with Crippen LogP contribution in [0.5, 0.6) is 0 Å². The number of nitrogens with zero attached hydrogens (tertiary/aromatic N) is 6. The third-order valence-electron chi connectivity index (χ3n) is 5.03. The molecule has 9 heteroatoms. The van der Waals surface area contributed by atoms with Gasteiger partial charge in [0.1, 0.15) is 0 Å². The van der Waals surface area contributed by atoms with E-state index in [-0.39, 0.29) is 17.9 Å². The minimum Gasteiger partial charge on any atom is -0.339 e. The van der Waals surface area contributed by atoms with Crippen LogP contribution in [-0.4, -0.2) is 67.6 Å². The maximum Gasteiger partial charge on any atom is 0.255 e.